The topological polar surface area (TPSA) is 114 Å². The second-order valence-electron chi connectivity index (χ2n) is 6.89. The molecule has 0 aromatic carbocycles. The Morgan fingerprint density at radius 3 is 2.25 bits per heavy atom. The molecule has 11 heteroatoms. The highest BCUT2D eigenvalue weighted by atomic mass is 32.2. The molecule has 2 aromatic heterocycles. The summed E-state index contributed by atoms with van der Waals surface area (Å²) >= 11 is 1.24. The minimum Gasteiger partial charge on any atom is -0.474 e. The molecule has 170 valence electrons. The maximum Gasteiger partial charge on any atom is 0.303 e. The lowest BCUT2D eigenvalue weighted by Crippen LogP contribution is -2.55. The van der Waals surface area contributed by atoms with Crippen LogP contribution < -0.4 is 4.74 Å². The van der Waals surface area contributed by atoms with E-state index in [-0.39, 0.29) is 5.75 Å². The molecule has 2 aromatic rings. The second-order valence-corrected chi connectivity index (χ2v) is 8.03. The number of carbonyl (C=O) groups excluding carboxylic acids is 3. The Labute approximate surface area is 187 Å². The number of nitrogens with zero attached hydrogens (tertiary/aromatic N) is 2. The minimum absolute atomic E-state index is 0.245. The molecule has 0 saturated carbocycles. The fourth-order valence-electron chi connectivity index (χ4n) is 3.13. The van der Waals surface area contributed by atoms with E-state index in [2.05, 4.69) is 9.97 Å². The summed E-state index contributed by atoms with van der Waals surface area (Å²) in [5.74, 6) is -1.81. The highest BCUT2D eigenvalue weighted by molar-refractivity contribution is 7.99. The average Bonchev–Trinajstić information content (AvgIpc) is 2.72. The molecule has 1 aliphatic rings. The first-order chi connectivity index (χ1) is 15.2. The van der Waals surface area contributed by atoms with Gasteiger partial charge in [-0.2, -0.15) is 4.39 Å². The largest absolute Gasteiger partial charge is 0.474 e. The van der Waals surface area contributed by atoms with Crippen LogP contribution in [0.4, 0.5) is 4.39 Å². The summed E-state index contributed by atoms with van der Waals surface area (Å²) in [6, 6.07) is 4.46. The fraction of sp³-hybridized carbons (Fsp3) is 0.381. The maximum absolute atomic E-state index is 13.1. The van der Waals surface area contributed by atoms with Crippen molar-refractivity contribution in [3.8, 4) is 16.9 Å². The molecule has 0 radical (unpaired) electrons. The molecule has 0 amide bonds. The van der Waals surface area contributed by atoms with E-state index in [1.54, 1.807) is 18.3 Å². The Bertz CT molecular complexity index is 988. The van der Waals surface area contributed by atoms with Gasteiger partial charge in [-0.15, -0.1) is 11.8 Å². The number of esters is 3. The van der Waals surface area contributed by atoms with Crippen LogP contribution >= 0.6 is 11.8 Å². The standard InChI is InChI=1S/C21H21FN2O7S/c1-11(25)28-17-10-32-21(20(30-13(3)27)19(17)29-12(2)26)31-16-6-15(7-23-9-16)14-4-5-18(22)24-8-14/h4-9,17,19-21H,10H2,1-3H3/t17-,19+,20-,21-/m1/s1. The van der Waals surface area contributed by atoms with E-state index in [1.807, 2.05) is 0 Å². The Morgan fingerprint density at radius 2 is 1.62 bits per heavy atom. The molecule has 0 N–H and O–H groups in total. The van der Waals surface area contributed by atoms with E-state index >= 15 is 0 Å². The zero-order valence-corrected chi connectivity index (χ0v) is 18.3. The molecule has 4 atom stereocenters. The molecule has 3 heterocycles. The van der Waals surface area contributed by atoms with Gasteiger partial charge in [0, 0.05) is 50.0 Å². The predicted octanol–water partition coefficient (Wildman–Crippen LogP) is 2.53. The Morgan fingerprint density at radius 1 is 0.938 bits per heavy atom. The van der Waals surface area contributed by atoms with Gasteiger partial charge in [0.25, 0.3) is 0 Å². The average molecular weight is 464 g/mol. The Balaban J connectivity index is 1.86. The van der Waals surface area contributed by atoms with Crippen LogP contribution in [0.2, 0.25) is 0 Å². The third kappa shape index (κ3) is 6.16. The SMILES string of the molecule is CC(=O)O[C@@H]1[C@@H](OC(C)=O)[C@H](OC(C)=O)CS[C@H]1Oc1cncc(-c2ccc(F)nc2)c1. The molecule has 1 fully saturated rings. The van der Waals surface area contributed by atoms with Crippen LogP contribution in [0, 0.1) is 5.95 Å². The van der Waals surface area contributed by atoms with Gasteiger partial charge in [-0.05, 0) is 18.2 Å². The number of thioether (sulfide) groups is 1. The Hall–Kier alpha value is -3.21. The summed E-state index contributed by atoms with van der Waals surface area (Å²) in [6.07, 6.45) is 1.48. The van der Waals surface area contributed by atoms with Crippen molar-refractivity contribution in [1.82, 2.24) is 9.97 Å². The number of aromatic nitrogens is 2. The van der Waals surface area contributed by atoms with Gasteiger partial charge in [-0.1, -0.05) is 0 Å². The quantitative estimate of drug-likeness (QED) is 0.359. The van der Waals surface area contributed by atoms with Crippen LogP contribution in [0.5, 0.6) is 5.75 Å². The van der Waals surface area contributed by atoms with E-state index in [0.29, 0.717) is 16.9 Å². The van der Waals surface area contributed by atoms with E-state index in [4.69, 9.17) is 18.9 Å². The lowest BCUT2D eigenvalue weighted by Gasteiger charge is -2.39. The van der Waals surface area contributed by atoms with Crippen molar-refractivity contribution in [1.29, 1.82) is 0 Å². The van der Waals surface area contributed by atoms with Crippen LogP contribution in [0.3, 0.4) is 0 Å². The minimum atomic E-state index is -1.05. The molecule has 32 heavy (non-hydrogen) atoms. The first-order valence-electron chi connectivity index (χ1n) is 9.60. The molecule has 0 aliphatic carbocycles. The zero-order chi connectivity index (χ0) is 23.3. The van der Waals surface area contributed by atoms with Gasteiger partial charge in [-0.3, -0.25) is 19.4 Å². The zero-order valence-electron chi connectivity index (χ0n) is 17.5. The van der Waals surface area contributed by atoms with Crippen molar-refractivity contribution in [2.75, 3.05) is 5.75 Å². The van der Waals surface area contributed by atoms with Gasteiger partial charge < -0.3 is 18.9 Å². The smallest absolute Gasteiger partial charge is 0.303 e. The monoisotopic (exact) mass is 464 g/mol. The van der Waals surface area contributed by atoms with E-state index in [1.165, 1.54) is 51.0 Å². The molecule has 3 rings (SSSR count). The van der Waals surface area contributed by atoms with Gasteiger partial charge in [0.1, 0.15) is 5.75 Å². The van der Waals surface area contributed by atoms with E-state index < -0.39 is 47.6 Å². The number of hydrogen-bond donors (Lipinski definition) is 0. The third-order valence-corrected chi connectivity index (χ3v) is 5.54. The first kappa shape index (κ1) is 23.5. The predicted molar refractivity (Wildman–Crippen MR) is 111 cm³/mol. The van der Waals surface area contributed by atoms with Crippen LogP contribution in [-0.2, 0) is 28.6 Å². The summed E-state index contributed by atoms with van der Waals surface area (Å²) in [6.45, 7) is 3.66. The molecule has 9 nitrogen and oxygen atoms in total. The fourth-order valence-corrected chi connectivity index (χ4v) is 4.35. The van der Waals surface area contributed by atoms with E-state index in [9.17, 15) is 18.8 Å². The van der Waals surface area contributed by atoms with Crippen molar-refractivity contribution in [2.45, 2.75) is 44.5 Å². The summed E-state index contributed by atoms with van der Waals surface area (Å²) in [5, 5.41) is 0. The normalized spacial score (nSPS) is 22.5. The van der Waals surface area contributed by atoms with Gasteiger partial charge in [0.05, 0.1) is 6.20 Å². The second kappa shape index (κ2) is 10.4. The summed E-state index contributed by atoms with van der Waals surface area (Å²) < 4.78 is 35.1. The van der Waals surface area contributed by atoms with Crippen molar-refractivity contribution >= 4 is 29.7 Å². The number of carbonyl (C=O) groups is 3. The number of ether oxygens (including phenoxy) is 4. The molecular formula is C21H21FN2O7S. The Kier molecular flexibility index (Phi) is 7.62. The molecule has 0 unspecified atom stereocenters. The van der Waals surface area contributed by atoms with Crippen LogP contribution in [0.25, 0.3) is 11.1 Å². The van der Waals surface area contributed by atoms with Crippen LogP contribution in [0.1, 0.15) is 20.8 Å². The van der Waals surface area contributed by atoms with Gasteiger partial charge in [0.15, 0.2) is 23.7 Å². The summed E-state index contributed by atoms with van der Waals surface area (Å²) in [7, 11) is 0. The highest BCUT2D eigenvalue weighted by Crippen LogP contribution is 2.35. The molecular weight excluding hydrogens is 443 g/mol. The van der Waals surface area contributed by atoms with Gasteiger partial charge in [-0.25, -0.2) is 4.98 Å². The highest BCUT2D eigenvalue weighted by Gasteiger charge is 2.47. The van der Waals surface area contributed by atoms with Gasteiger partial charge in [0.2, 0.25) is 5.95 Å². The molecule has 1 saturated heterocycles. The number of halogens is 1. The van der Waals surface area contributed by atoms with Crippen molar-refractivity contribution < 1.29 is 37.7 Å². The molecule has 0 spiro atoms. The summed E-state index contributed by atoms with van der Waals surface area (Å²) in [5.41, 5.74) is 0.484. The molecule has 1 aliphatic heterocycles. The van der Waals surface area contributed by atoms with Crippen molar-refractivity contribution in [3.63, 3.8) is 0 Å². The van der Waals surface area contributed by atoms with Crippen molar-refractivity contribution in [3.05, 3.63) is 42.7 Å². The van der Waals surface area contributed by atoms with Crippen LogP contribution in [-0.4, -0.2) is 57.4 Å². The lowest BCUT2D eigenvalue weighted by molar-refractivity contribution is -0.186. The maximum atomic E-state index is 13.1. The van der Waals surface area contributed by atoms with Gasteiger partial charge >= 0.3 is 17.9 Å². The number of pyridine rings is 2. The number of hydrogen-bond acceptors (Lipinski definition) is 10. The van der Waals surface area contributed by atoms with Crippen LogP contribution in [0.15, 0.2) is 36.8 Å². The summed E-state index contributed by atoms with van der Waals surface area (Å²) in [4.78, 5) is 42.7. The lowest BCUT2D eigenvalue weighted by atomic mass is 10.1. The first-order valence-corrected chi connectivity index (χ1v) is 10.6. The third-order valence-electron chi connectivity index (χ3n) is 4.33. The number of rotatable bonds is 6. The van der Waals surface area contributed by atoms with Crippen molar-refractivity contribution in [2.24, 2.45) is 0 Å². The molecule has 0 bridgehead atoms. The van der Waals surface area contributed by atoms with E-state index in [0.717, 1.165) is 0 Å².